The summed E-state index contributed by atoms with van der Waals surface area (Å²) in [6.45, 7) is 4.74. The van der Waals surface area contributed by atoms with Crippen LogP contribution < -0.4 is 5.32 Å². The molecule has 7 heteroatoms. The van der Waals surface area contributed by atoms with Crippen LogP contribution in [-0.4, -0.2) is 28.2 Å². The van der Waals surface area contributed by atoms with Gasteiger partial charge in [0.05, 0.1) is 17.0 Å². The van der Waals surface area contributed by atoms with Crippen LogP contribution in [0.25, 0.3) is 0 Å². The zero-order chi connectivity index (χ0) is 19.1. The molecule has 27 heavy (non-hydrogen) atoms. The molecule has 0 bridgehead atoms. The highest BCUT2D eigenvalue weighted by atomic mass is 32.1. The molecule has 2 heterocycles. The van der Waals surface area contributed by atoms with Crippen LogP contribution in [0.3, 0.4) is 0 Å². The number of carbonyl (C=O) groups excluding carboxylic acids is 2. The number of aromatic nitrogens is 1. The summed E-state index contributed by atoms with van der Waals surface area (Å²) < 4.78 is 0. The van der Waals surface area contributed by atoms with Gasteiger partial charge in [0.25, 0.3) is 5.91 Å². The maximum absolute atomic E-state index is 12.7. The van der Waals surface area contributed by atoms with Crippen LogP contribution in [0, 0.1) is 0 Å². The number of thiophene rings is 1. The zero-order valence-corrected chi connectivity index (χ0v) is 16.3. The van der Waals surface area contributed by atoms with E-state index in [2.05, 4.69) is 16.9 Å². The summed E-state index contributed by atoms with van der Waals surface area (Å²) in [4.78, 5) is 31.5. The second kappa shape index (κ2) is 9.25. The third-order valence-corrected chi connectivity index (χ3v) is 5.44. The van der Waals surface area contributed by atoms with Crippen LogP contribution in [0.4, 0.5) is 5.13 Å². The molecule has 5 nitrogen and oxygen atoms in total. The summed E-state index contributed by atoms with van der Waals surface area (Å²) in [5.74, 6) is -0.213. The smallest absolute Gasteiger partial charge is 0.267 e. The van der Waals surface area contributed by atoms with E-state index in [0.717, 1.165) is 5.56 Å². The minimum Gasteiger partial charge on any atom is -0.334 e. The van der Waals surface area contributed by atoms with Crippen LogP contribution >= 0.6 is 22.7 Å². The number of nitrogens with one attached hydrogen (secondary N) is 1. The molecule has 0 aliphatic carbocycles. The fourth-order valence-corrected chi connectivity index (χ4v) is 3.82. The van der Waals surface area contributed by atoms with Crippen molar-refractivity contribution in [2.45, 2.75) is 13.0 Å². The molecule has 0 saturated heterocycles. The Labute approximate surface area is 166 Å². The van der Waals surface area contributed by atoms with Gasteiger partial charge in [-0.2, -0.15) is 0 Å². The number of rotatable bonds is 8. The average Bonchev–Trinajstić information content (AvgIpc) is 3.34. The van der Waals surface area contributed by atoms with Gasteiger partial charge in [0.1, 0.15) is 0 Å². The minimum absolute atomic E-state index is 0.0276. The highest BCUT2D eigenvalue weighted by Crippen LogP contribution is 2.19. The quantitative estimate of drug-likeness (QED) is 0.579. The molecule has 0 radical (unpaired) electrons. The van der Waals surface area contributed by atoms with Crippen LogP contribution in [0.2, 0.25) is 0 Å². The molecule has 2 aromatic heterocycles. The molecule has 0 aliphatic rings. The zero-order valence-electron chi connectivity index (χ0n) is 14.6. The highest BCUT2D eigenvalue weighted by Gasteiger charge is 2.16. The lowest BCUT2D eigenvalue weighted by molar-refractivity contribution is -0.130. The average molecular weight is 398 g/mol. The van der Waals surface area contributed by atoms with Crippen molar-refractivity contribution in [1.29, 1.82) is 0 Å². The molecule has 0 aliphatic heterocycles. The number of amides is 2. The molecule has 3 rings (SSSR count). The monoisotopic (exact) mass is 397 g/mol. The van der Waals surface area contributed by atoms with Gasteiger partial charge in [0.2, 0.25) is 5.91 Å². The topological polar surface area (TPSA) is 62.3 Å². The summed E-state index contributed by atoms with van der Waals surface area (Å²) in [5, 5.41) is 6.92. The lowest BCUT2D eigenvalue weighted by Gasteiger charge is -2.21. The van der Waals surface area contributed by atoms with Crippen molar-refractivity contribution in [2.75, 3.05) is 11.9 Å². The van der Waals surface area contributed by atoms with E-state index in [4.69, 9.17) is 0 Å². The summed E-state index contributed by atoms with van der Waals surface area (Å²) in [7, 11) is 0. The molecule has 138 valence electrons. The molecule has 0 saturated carbocycles. The van der Waals surface area contributed by atoms with Gasteiger partial charge in [-0.1, -0.05) is 42.5 Å². The molecular weight excluding hydrogens is 378 g/mol. The van der Waals surface area contributed by atoms with E-state index >= 15 is 0 Å². The maximum atomic E-state index is 12.7. The van der Waals surface area contributed by atoms with Gasteiger partial charge in [0.15, 0.2) is 5.13 Å². The molecule has 0 fully saturated rings. The summed E-state index contributed by atoms with van der Waals surface area (Å²) in [6.07, 6.45) is 1.90. The van der Waals surface area contributed by atoms with Gasteiger partial charge in [-0.25, -0.2) is 4.98 Å². The van der Waals surface area contributed by atoms with Gasteiger partial charge in [-0.15, -0.1) is 29.3 Å². The van der Waals surface area contributed by atoms with Crippen molar-refractivity contribution in [1.82, 2.24) is 9.88 Å². The molecule has 2 amide bonds. The molecular formula is C20H19N3O2S2. The second-order valence-corrected chi connectivity index (χ2v) is 7.61. The Morgan fingerprint density at radius 2 is 1.96 bits per heavy atom. The van der Waals surface area contributed by atoms with Crippen molar-refractivity contribution in [3.05, 3.63) is 82.0 Å². The van der Waals surface area contributed by atoms with Crippen molar-refractivity contribution >= 4 is 39.6 Å². The standard InChI is InChI=1S/C20H19N3O2S2/c1-2-10-23(13-15-7-4-3-5-8-15)18(24)12-16-14-27-20(21-16)22-19(25)17-9-6-11-26-17/h2-9,11,14H,1,10,12-13H2,(H,21,22,25). The van der Waals surface area contributed by atoms with Gasteiger partial charge in [-0.3, -0.25) is 14.9 Å². The van der Waals surface area contributed by atoms with Crippen LogP contribution in [0.15, 0.2) is 65.9 Å². The first-order valence-electron chi connectivity index (χ1n) is 8.37. The van der Waals surface area contributed by atoms with E-state index < -0.39 is 0 Å². The number of carbonyl (C=O) groups is 2. The molecule has 0 atom stereocenters. The molecule has 1 N–H and O–H groups in total. The number of thiazole rings is 1. The number of nitrogens with zero attached hydrogens (tertiary/aromatic N) is 2. The first-order valence-corrected chi connectivity index (χ1v) is 10.1. The van der Waals surface area contributed by atoms with Gasteiger partial charge in [0, 0.05) is 18.5 Å². The number of hydrogen-bond acceptors (Lipinski definition) is 5. The maximum Gasteiger partial charge on any atom is 0.267 e. The van der Waals surface area contributed by atoms with E-state index in [1.165, 1.54) is 22.7 Å². The van der Waals surface area contributed by atoms with Crippen molar-refractivity contribution in [2.24, 2.45) is 0 Å². The molecule has 1 aromatic carbocycles. The van der Waals surface area contributed by atoms with E-state index in [-0.39, 0.29) is 18.2 Å². The number of benzene rings is 1. The third kappa shape index (κ3) is 5.35. The molecule has 3 aromatic rings. The van der Waals surface area contributed by atoms with E-state index in [1.54, 1.807) is 22.4 Å². The predicted molar refractivity (Wildman–Crippen MR) is 110 cm³/mol. The summed E-state index contributed by atoms with van der Waals surface area (Å²) >= 11 is 2.69. The van der Waals surface area contributed by atoms with E-state index in [1.807, 2.05) is 41.8 Å². The lowest BCUT2D eigenvalue weighted by Crippen LogP contribution is -2.32. The highest BCUT2D eigenvalue weighted by molar-refractivity contribution is 7.14. The molecule has 0 spiro atoms. The summed E-state index contributed by atoms with van der Waals surface area (Å²) in [5.41, 5.74) is 1.71. The van der Waals surface area contributed by atoms with E-state index in [9.17, 15) is 9.59 Å². The Kier molecular flexibility index (Phi) is 6.51. The first-order chi connectivity index (χ1) is 13.2. The lowest BCUT2D eigenvalue weighted by atomic mass is 10.2. The van der Waals surface area contributed by atoms with Crippen molar-refractivity contribution in [3.8, 4) is 0 Å². The largest absolute Gasteiger partial charge is 0.334 e. The minimum atomic E-state index is -0.186. The Hall–Kier alpha value is -2.77. The molecule has 0 unspecified atom stereocenters. The normalized spacial score (nSPS) is 10.4. The Balaban J connectivity index is 1.61. The van der Waals surface area contributed by atoms with Crippen LogP contribution in [-0.2, 0) is 17.8 Å². The van der Waals surface area contributed by atoms with Crippen molar-refractivity contribution in [3.63, 3.8) is 0 Å². The van der Waals surface area contributed by atoms with Crippen LogP contribution in [0.5, 0.6) is 0 Å². The fourth-order valence-electron chi connectivity index (χ4n) is 2.49. The first kappa shape index (κ1) is 19.0. The second-order valence-electron chi connectivity index (χ2n) is 5.80. The Bertz CT molecular complexity index is 904. The van der Waals surface area contributed by atoms with Gasteiger partial charge >= 0.3 is 0 Å². The Morgan fingerprint density at radius 1 is 1.15 bits per heavy atom. The SMILES string of the molecule is C=CCN(Cc1ccccc1)C(=O)Cc1csc(NC(=O)c2cccs2)n1. The van der Waals surface area contributed by atoms with Gasteiger partial charge < -0.3 is 4.90 Å². The van der Waals surface area contributed by atoms with Crippen molar-refractivity contribution < 1.29 is 9.59 Å². The Morgan fingerprint density at radius 3 is 2.67 bits per heavy atom. The van der Waals surface area contributed by atoms with E-state index in [0.29, 0.717) is 28.8 Å². The predicted octanol–water partition coefficient (Wildman–Crippen LogP) is 4.21. The summed E-state index contributed by atoms with van der Waals surface area (Å²) in [6, 6.07) is 13.4. The third-order valence-electron chi connectivity index (χ3n) is 3.77. The fraction of sp³-hybridized carbons (Fsp3) is 0.150. The number of hydrogen-bond donors (Lipinski definition) is 1. The number of anilines is 1. The van der Waals surface area contributed by atoms with Gasteiger partial charge in [-0.05, 0) is 17.0 Å². The van der Waals surface area contributed by atoms with Crippen LogP contribution in [0.1, 0.15) is 20.9 Å².